The van der Waals surface area contributed by atoms with E-state index in [2.05, 4.69) is 27.0 Å². The molecule has 20 heavy (non-hydrogen) atoms. The molecule has 0 aliphatic rings. The third-order valence-electron chi connectivity index (χ3n) is 2.67. The molecule has 4 heteroatoms. The van der Waals surface area contributed by atoms with E-state index in [0.717, 1.165) is 25.9 Å². The van der Waals surface area contributed by atoms with Crippen molar-refractivity contribution in [1.82, 2.24) is 9.80 Å². The minimum absolute atomic E-state index is 0.163. The first-order valence-corrected chi connectivity index (χ1v) is 7.01. The summed E-state index contributed by atoms with van der Waals surface area (Å²) in [6.45, 7) is 13.9. The first-order valence-electron chi connectivity index (χ1n) is 7.01. The number of carbonyl (C=O) groups is 1. The molecule has 0 atom stereocenters. The summed E-state index contributed by atoms with van der Waals surface area (Å²) in [5.74, 6) is -0.274. The van der Waals surface area contributed by atoms with Crippen LogP contribution in [0.3, 0.4) is 0 Å². The molecule has 0 unspecified atom stereocenters. The maximum Gasteiger partial charge on any atom is 0.266 e. The average Bonchev–Trinajstić information content (AvgIpc) is 2.44. The highest BCUT2D eigenvalue weighted by Gasteiger charge is 2.17. The lowest BCUT2D eigenvalue weighted by atomic mass is 10.2. The van der Waals surface area contributed by atoms with Crippen molar-refractivity contribution in [3.8, 4) is 6.07 Å². The molecule has 0 saturated heterocycles. The van der Waals surface area contributed by atoms with E-state index in [1.54, 1.807) is 23.3 Å². The van der Waals surface area contributed by atoms with E-state index in [1.165, 1.54) is 0 Å². The Morgan fingerprint density at radius 1 is 1.15 bits per heavy atom. The second-order valence-electron chi connectivity index (χ2n) is 4.48. The van der Waals surface area contributed by atoms with Crippen LogP contribution in [0.25, 0.3) is 0 Å². The zero-order valence-electron chi connectivity index (χ0n) is 12.6. The van der Waals surface area contributed by atoms with Crippen LogP contribution in [0.2, 0.25) is 0 Å². The first kappa shape index (κ1) is 18.0. The molecule has 0 aliphatic heterocycles. The SMILES string of the molecule is C=CCN(CC=C)C(=O)/C(C#N)=C\N(CCC)CCC. The number of carbonyl (C=O) groups excluding carboxylic acids is 1. The van der Waals surface area contributed by atoms with Gasteiger partial charge in [0, 0.05) is 32.4 Å². The van der Waals surface area contributed by atoms with Gasteiger partial charge in [-0.3, -0.25) is 4.79 Å². The molecular formula is C16H25N3O. The first-order chi connectivity index (χ1) is 9.64. The van der Waals surface area contributed by atoms with Crippen molar-refractivity contribution in [2.75, 3.05) is 26.2 Å². The molecule has 4 nitrogen and oxygen atoms in total. The fraction of sp³-hybridized carbons (Fsp3) is 0.500. The van der Waals surface area contributed by atoms with Crippen LogP contribution in [0.5, 0.6) is 0 Å². The van der Waals surface area contributed by atoms with Gasteiger partial charge in [-0.05, 0) is 12.8 Å². The lowest BCUT2D eigenvalue weighted by Crippen LogP contribution is -2.33. The van der Waals surface area contributed by atoms with Crippen molar-refractivity contribution >= 4 is 5.91 Å². The van der Waals surface area contributed by atoms with E-state index in [0.29, 0.717) is 13.1 Å². The molecule has 1 amide bonds. The Bertz CT molecular complexity index is 377. The van der Waals surface area contributed by atoms with Gasteiger partial charge in [0.05, 0.1) is 0 Å². The van der Waals surface area contributed by atoms with E-state index < -0.39 is 0 Å². The second-order valence-corrected chi connectivity index (χ2v) is 4.48. The summed E-state index contributed by atoms with van der Waals surface area (Å²) in [7, 11) is 0. The van der Waals surface area contributed by atoms with Crippen molar-refractivity contribution in [2.24, 2.45) is 0 Å². The van der Waals surface area contributed by atoms with Crippen molar-refractivity contribution in [1.29, 1.82) is 5.26 Å². The van der Waals surface area contributed by atoms with Gasteiger partial charge in [-0.25, -0.2) is 0 Å². The minimum Gasteiger partial charge on any atom is -0.376 e. The summed E-state index contributed by atoms with van der Waals surface area (Å²) in [6.07, 6.45) is 6.92. The number of amides is 1. The maximum atomic E-state index is 12.3. The molecule has 0 aliphatic carbocycles. The molecule has 0 aromatic rings. The molecule has 0 rings (SSSR count). The van der Waals surface area contributed by atoms with Gasteiger partial charge in [-0.1, -0.05) is 26.0 Å². The average molecular weight is 275 g/mol. The fourth-order valence-electron chi connectivity index (χ4n) is 1.85. The summed E-state index contributed by atoms with van der Waals surface area (Å²) in [6, 6.07) is 2.01. The Kier molecular flexibility index (Phi) is 9.76. The second kappa shape index (κ2) is 10.9. The Labute approximate surface area is 122 Å². The zero-order chi connectivity index (χ0) is 15.4. The molecule has 0 aromatic heterocycles. The van der Waals surface area contributed by atoms with Crippen LogP contribution in [0.1, 0.15) is 26.7 Å². The minimum atomic E-state index is -0.274. The van der Waals surface area contributed by atoms with Crippen LogP contribution >= 0.6 is 0 Å². The van der Waals surface area contributed by atoms with Gasteiger partial charge in [0.15, 0.2) is 0 Å². The molecule has 0 heterocycles. The van der Waals surface area contributed by atoms with Gasteiger partial charge in [0.1, 0.15) is 11.6 Å². The van der Waals surface area contributed by atoms with Crippen molar-refractivity contribution < 1.29 is 4.79 Å². The highest BCUT2D eigenvalue weighted by molar-refractivity contribution is 5.97. The van der Waals surface area contributed by atoms with Gasteiger partial charge in [-0.2, -0.15) is 5.26 Å². The van der Waals surface area contributed by atoms with Gasteiger partial charge in [0.25, 0.3) is 5.91 Å². The molecule has 110 valence electrons. The summed E-state index contributed by atoms with van der Waals surface area (Å²) >= 11 is 0. The Hall–Kier alpha value is -2.02. The van der Waals surface area contributed by atoms with Crippen molar-refractivity contribution in [2.45, 2.75) is 26.7 Å². The number of nitriles is 1. The standard InChI is InChI=1S/C16H25N3O/c1-5-9-18(10-6-2)14-15(13-17)16(20)19(11-7-3)12-8-4/h7-8,14H,3-6,9-12H2,1-2H3/b15-14-. The van der Waals surface area contributed by atoms with Crippen LogP contribution in [0.15, 0.2) is 37.1 Å². The van der Waals surface area contributed by atoms with Crippen LogP contribution in [0.4, 0.5) is 0 Å². The monoisotopic (exact) mass is 275 g/mol. The van der Waals surface area contributed by atoms with Crippen molar-refractivity contribution in [3.05, 3.63) is 37.1 Å². The number of rotatable bonds is 10. The van der Waals surface area contributed by atoms with Crippen LogP contribution in [0, 0.1) is 11.3 Å². The van der Waals surface area contributed by atoms with E-state index in [4.69, 9.17) is 0 Å². The molecule has 0 N–H and O–H groups in total. The lowest BCUT2D eigenvalue weighted by Gasteiger charge is -2.22. The largest absolute Gasteiger partial charge is 0.376 e. The van der Waals surface area contributed by atoms with Crippen molar-refractivity contribution in [3.63, 3.8) is 0 Å². The Morgan fingerprint density at radius 2 is 1.65 bits per heavy atom. The Balaban J connectivity index is 5.09. The van der Waals surface area contributed by atoms with E-state index in [-0.39, 0.29) is 11.5 Å². The highest BCUT2D eigenvalue weighted by atomic mass is 16.2. The van der Waals surface area contributed by atoms with Crippen LogP contribution in [-0.2, 0) is 4.79 Å². The molecule has 0 fully saturated rings. The molecule has 0 spiro atoms. The van der Waals surface area contributed by atoms with Gasteiger partial charge >= 0.3 is 0 Å². The number of hydrogen-bond acceptors (Lipinski definition) is 3. The molecule has 0 radical (unpaired) electrons. The van der Waals surface area contributed by atoms with Crippen LogP contribution < -0.4 is 0 Å². The molecule has 0 saturated carbocycles. The van der Waals surface area contributed by atoms with E-state index >= 15 is 0 Å². The van der Waals surface area contributed by atoms with Gasteiger partial charge < -0.3 is 9.80 Å². The van der Waals surface area contributed by atoms with Gasteiger partial charge in [-0.15, -0.1) is 13.2 Å². The normalized spacial score (nSPS) is 10.6. The lowest BCUT2D eigenvalue weighted by molar-refractivity contribution is -0.125. The summed E-state index contributed by atoms with van der Waals surface area (Å²) < 4.78 is 0. The number of nitrogens with zero attached hydrogens (tertiary/aromatic N) is 3. The van der Waals surface area contributed by atoms with E-state index in [9.17, 15) is 10.1 Å². The molecule has 0 bridgehead atoms. The third-order valence-corrected chi connectivity index (χ3v) is 2.67. The third kappa shape index (κ3) is 6.24. The van der Waals surface area contributed by atoms with E-state index in [1.807, 2.05) is 11.0 Å². The maximum absolute atomic E-state index is 12.3. The van der Waals surface area contributed by atoms with Crippen LogP contribution in [-0.4, -0.2) is 41.9 Å². The smallest absolute Gasteiger partial charge is 0.266 e. The summed E-state index contributed by atoms with van der Waals surface area (Å²) in [4.78, 5) is 15.9. The predicted octanol–water partition coefficient (Wildman–Crippen LogP) is 2.72. The summed E-state index contributed by atoms with van der Waals surface area (Å²) in [5, 5.41) is 9.22. The predicted molar refractivity (Wildman–Crippen MR) is 82.8 cm³/mol. The quantitative estimate of drug-likeness (QED) is 0.350. The summed E-state index contributed by atoms with van der Waals surface area (Å²) in [5.41, 5.74) is 0.163. The molecular weight excluding hydrogens is 250 g/mol. The molecule has 0 aromatic carbocycles. The topological polar surface area (TPSA) is 47.3 Å². The fourth-order valence-corrected chi connectivity index (χ4v) is 1.85. The Morgan fingerprint density at radius 3 is 2.00 bits per heavy atom. The number of hydrogen-bond donors (Lipinski definition) is 0. The zero-order valence-corrected chi connectivity index (χ0v) is 12.6. The van der Waals surface area contributed by atoms with Gasteiger partial charge in [0.2, 0.25) is 0 Å². The highest BCUT2D eigenvalue weighted by Crippen LogP contribution is 2.06.